The third-order valence-electron chi connectivity index (χ3n) is 4.97. The number of benzene rings is 2. The molecule has 0 aliphatic carbocycles. The maximum absolute atomic E-state index is 11.1. The predicted octanol–water partition coefficient (Wildman–Crippen LogP) is 2.95. The fourth-order valence-electron chi connectivity index (χ4n) is 3.52. The number of nitriles is 1. The monoisotopic (exact) mass is 362 g/mol. The Morgan fingerprint density at radius 2 is 1.93 bits per heavy atom. The normalized spacial score (nSPS) is 14.4. The van der Waals surface area contributed by atoms with Crippen LogP contribution >= 0.6 is 0 Å². The van der Waals surface area contributed by atoms with Crippen LogP contribution in [0.15, 0.2) is 48.5 Å². The van der Waals surface area contributed by atoms with Gasteiger partial charge in [-0.25, -0.2) is 0 Å². The quantitative estimate of drug-likeness (QED) is 0.829. The van der Waals surface area contributed by atoms with Gasteiger partial charge < -0.3 is 15.5 Å². The van der Waals surface area contributed by atoms with Gasteiger partial charge in [-0.3, -0.25) is 4.79 Å². The van der Waals surface area contributed by atoms with E-state index in [2.05, 4.69) is 51.9 Å². The van der Waals surface area contributed by atoms with Gasteiger partial charge in [-0.1, -0.05) is 24.3 Å². The van der Waals surface area contributed by atoms with E-state index in [1.165, 1.54) is 12.6 Å². The summed E-state index contributed by atoms with van der Waals surface area (Å²) in [4.78, 5) is 13.6. The van der Waals surface area contributed by atoms with Gasteiger partial charge in [-0.2, -0.15) is 5.26 Å². The van der Waals surface area contributed by atoms with Crippen LogP contribution in [0.2, 0.25) is 0 Å². The molecule has 0 saturated carbocycles. The van der Waals surface area contributed by atoms with Gasteiger partial charge in [0.15, 0.2) is 0 Å². The van der Waals surface area contributed by atoms with Crippen molar-refractivity contribution in [1.82, 2.24) is 10.6 Å². The Balaban J connectivity index is 1.80. The second kappa shape index (κ2) is 9.20. The standard InChI is InChI=1S/C22H26N4O/c1-17(27)25-15-18-5-7-21(8-6-18)26(22-9-11-24-12-10-22)16-20-4-2-3-19(13-20)14-23/h2-8,13,22,24H,9-12,15-16H2,1H3,(H,25,27). The van der Waals surface area contributed by atoms with E-state index >= 15 is 0 Å². The number of hydrogen-bond donors (Lipinski definition) is 2. The highest BCUT2D eigenvalue weighted by molar-refractivity contribution is 5.72. The van der Waals surface area contributed by atoms with Crippen LogP contribution in [0.4, 0.5) is 5.69 Å². The van der Waals surface area contributed by atoms with Crippen molar-refractivity contribution in [2.24, 2.45) is 0 Å². The van der Waals surface area contributed by atoms with E-state index in [1.54, 1.807) is 0 Å². The van der Waals surface area contributed by atoms with Crippen molar-refractivity contribution in [1.29, 1.82) is 5.26 Å². The molecule has 1 amide bonds. The Bertz CT molecular complexity index is 804. The van der Waals surface area contributed by atoms with Gasteiger partial charge in [0.25, 0.3) is 0 Å². The summed E-state index contributed by atoms with van der Waals surface area (Å²) >= 11 is 0. The number of anilines is 1. The van der Waals surface area contributed by atoms with Gasteiger partial charge in [0.1, 0.15) is 0 Å². The number of hydrogen-bond acceptors (Lipinski definition) is 4. The van der Waals surface area contributed by atoms with Crippen LogP contribution < -0.4 is 15.5 Å². The summed E-state index contributed by atoms with van der Waals surface area (Å²) in [5.74, 6) is -0.0206. The van der Waals surface area contributed by atoms with Crippen LogP contribution in [0, 0.1) is 11.3 Å². The lowest BCUT2D eigenvalue weighted by Crippen LogP contribution is -2.43. The number of rotatable bonds is 6. The topological polar surface area (TPSA) is 68.2 Å². The van der Waals surface area contributed by atoms with Gasteiger partial charge in [0.05, 0.1) is 11.6 Å². The lowest BCUT2D eigenvalue weighted by atomic mass is 10.0. The van der Waals surface area contributed by atoms with Crippen LogP contribution in [0.1, 0.15) is 36.5 Å². The lowest BCUT2D eigenvalue weighted by Gasteiger charge is -2.36. The first-order valence-corrected chi connectivity index (χ1v) is 9.45. The molecule has 3 rings (SSSR count). The highest BCUT2D eigenvalue weighted by Crippen LogP contribution is 2.25. The third-order valence-corrected chi connectivity index (χ3v) is 4.97. The predicted molar refractivity (Wildman–Crippen MR) is 107 cm³/mol. The van der Waals surface area contributed by atoms with Crippen LogP contribution in [0.3, 0.4) is 0 Å². The average Bonchev–Trinajstić information content (AvgIpc) is 2.72. The maximum Gasteiger partial charge on any atom is 0.217 e. The Hall–Kier alpha value is -2.84. The molecule has 2 aromatic carbocycles. The van der Waals surface area contributed by atoms with E-state index in [4.69, 9.17) is 0 Å². The SMILES string of the molecule is CC(=O)NCc1ccc(N(Cc2cccc(C#N)c2)C2CCNCC2)cc1. The summed E-state index contributed by atoms with van der Waals surface area (Å²) in [6.07, 6.45) is 2.21. The summed E-state index contributed by atoms with van der Waals surface area (Å²) in [5.41, 5.74) is 4.11. The molecule has 5 heteroatoms. The van der Waals surface area contributed by atoms with E-state index in [-0.39, 0.29) is 5.91 Å². The molecule has 1 aliphatic heterocycles. The molecule has 1 heterocycles. The van der Waals surface area contributed by atoms with Crippen molar-refractivity contribution < 1.29 is 4.79 Å². The van der Waals surface area contributed by atoms with Gasteiger partial charge in [0.2, 0.25) is 5.91 Å². The van der Waals surface area contributed by atoms with Crippen LogP contribution in [-0.4, -0.2) is 25.0 Å². The first-order valence-electron chi connectivity index (χ1n) is 9.45. The minimum absolute atomic E-state index is 0.0206. The number of piperidine rings is 1. The summed E-state index contributed by atoms with van der Waals surface area (Å²) in [6, 6.07) is 19.0. The Kier molecular flexibility index (Phi) is 6.45. The van der Waals surface area contributed by atoms with Gasteiger partial charge in [-0.15, -0.1) is 0 Å². The number of amides is 1. The summed E-state index contributed by atoms with van der Waals surface area (Å²) < 4.78 is 0. The molecule has 1 saturated heterocycles. The molecule has 0 aromatic heterocycles. The Morgan fingerprint density at radius 3 is 2.59 bits per heavy atom. The van der Waals surface area contributed by atoms with Gasteiger partial charge >= 0.3 is 0 Å². The summed E-state index contributed by atoms with van der Waals surface area (Å²) in [6.45, 7) is 4.92. The van der Waals surface area contributed by atoms with Crippen molar-refractivity contribution in [2.75, 3.05) is 18.0 Å². The van der Waals surface area contributed by atoms with Crippen LogP contribution in [0.25, 0.3) is 0 Å². The molecule has 27 heavy (non-hydrogen) atoms. The van der Waals surface area contributed by atoms with E-state index in [0.717, 1.165) is 43.6 Å². The first-order chi connectivity index (χ1) is 13.2. The molecule has 140 valence electrons. The van der Waals surface area contributed by atoms with Crippen LogP contribution in [0.5, 0.6) is 0 Å². The smallest absolute Gasteiger partial charge is 0.217 e. The molecule has 1 fully saturated rings. The van der Waals surface area contributed by atoms with E-state index < -0.39 is 0 Å². The first kappa shape index (κ1) is 18.9. The highest BCUT2D eigenvalue weighted by atomic mass is 16.1. The largest absolute Gasteiger partial charge is 0.364 e. The zero-order valence-electron chi connectivity index (χ0n) is 15.7. The molecular formula is C22H26N4O. The molecule has 2 aromatic rings. The number of carbonyl (C=O) groups excluding carboxylic acids is 1. The zero-order valence-corrected chi connectivity index (χ0v) is 15.7. The lowest BCUT2D eigenvalue weighted by molar-refractivity contribution is -0.119. The molecule has 0 bridgehead atoms. The molecule has 0 unspecified atom stereocenters. The molecule has 5 nitrogen and oxygen atoms in total. The summed E-state index contributed by atoms with van der Waals surface area (Å²) in [5, 5.41) is 15.4. The maximum atomic E-state index is 11.1. The Morgan fingerprint density at radius 1 is 1.19 bits per heavy atom. The molecular weight excluding hydrogens is 336 g/mol. The second-order valence-corrected chi connectivity index (χ2v) is 7.00. The van der Waals surface area contributed by atoms with Crippen molar-refractivity contribution in [3.8, 4) is 6.07 Å². The van der Waals surface area contributed by atoms with E-state index in [9.17, 15) is 10.1 Å². The third kappa shape index (κ3) is 5.32. The average molecular weight is 362 g/mol. The fraction of sp³-hybridized carbons (Fsp3) is 0.364. The second-order valence-electron chi connectivity index (χ2n) is 7.00. The number of carbonyl (C=O) groups is 1. The minimum Gasteiger partial charge on any atom is -0.364 e. The molecule has 0 spiro atoms. The van der Waals surface area contributed by atoms with Crippen molar-refractivity contribution in [2.45, 2.75) is 38.9 Å². The fourth-order valence-corrected chi connectivity index (χ4v) is 3.52. The van der Waals surface area contributed by atoms with E-state index in [1.807, 2.05) is 18.2 Å². The highest BCUT2D eigenvalue weighted by Gasteiger charge is 2.21. The van der Waals surface area contributed by atoms with Crippen molar-refractivity contribution in [3.63, 3.8) is 0 Å². The summed E-state index contributed by atoms with van der Waals surface area (Å²) in [7, 11) is 0. The van der Waals surface area contributed by atoms with E-state index in [0.29, 0.717) is 18.2 Å². The molecule has 2 N–H and O–H groups in total. The number of nitrogens with zero attached hydrogens (tertiary/aromatic N) is 2. The number of nitrogens with one attached hydrogen (secondary N) is 2. The molecule has 0 radical (unpaired) electrons. The van der Waals surface area contributed by atoms with Gasteiger partial charge in [-0.05, 0) is 61.3 Å². The van der Waals surface area contributed by atoms with Crippen molar-refractivity contribution in [3.05, 3.63) is 65.2 Å². The van der Waals surface area contributed by atoms with Crippen molar-refractivity contribution >= 4 is 11.6 Å². The Labute approximate surface area is 161 Å². The van der Waals surface area contributed by atoms with Crippen LogP contribution in [-0.2, 0) is 17.9 Å². The van der Waals surface area contributed by atoms with Gasteiger partial charge in [0, 0.05) is 31.7 Å². The molecule has 0 atom stereocenters. The zero-order chi connectivity index (χ0) is 19.1. The molecule has 1 aliphatic rings. The minimum atomic E-state index is -0.0206.